The summed E-state index contributed by atoms with van der Waals surface area (Å²) < 4.78 is 15.6. The first-order chi connectivity index (χ1) is 15.3. The van der Waals surface area contributed by atoms with Gasteiger partial charge in [-0.1, -0.05) is 6.07 Å². The number of nitro benzene ring substituents is 1. The van der Waals surface area contributed by atoms with E-state index in [4.69, 9.17) is 26.4 Å². The number of hydrogen-bond donors (Lipinski definition) is 3. The summed E-state index contributed by atoms with van der Waals surface area (Å²) in [6.45, 7) is -0.374. The normalized spacial score (nSPS) is 10.2. The number of rotatable bonds is 8. The molecule has 0 aliphatic carbocycles. The van der Waals surface area contributed by atoms with Gasteiger partial charge in [-0.2, -0.15) is 0 Å². The standard InChI is InChI=1S/C20H20N4O7S/c1-29-16-9-3-13(11-17(16)30-2)4-10-18(25)21-20(32)23-22-19(26)12-31-15-7-5-14(6-8-15)24(27)28/h3-11H,12H2,1-2H3,(H,22,26)(H2,21,23,25,32)/b10-4+. The molecule has 0 aliphatic heterocycles. The Bertz CT molecular complexity index is 1030. The largest absolute Gasteiger partial charge is 0.493 e. The number of hydrazine groups is 1. The van der Waals surface area contributed by atoms with Crippen LogP contribution in [0.3, 0.4) is 0 Å². The van der Waals surface area contributed by atoms with Gasteiger partial charge in [0.2, 0.25) is 5.91 Å². The second-order valence-electron chi connectivity index (χ2n) is 5.98. The summed E-state index contributed by atoms with van der Waals surface area (Å²) in [5.41, 5.74) is 5.23. The van der Waals surface area contributed by atoms with Gasteiger partial charge in [0.1, 0.15) is 5.75 Å². The SMILES string of the molecule is COc1ccc(/C=C/C(=O)NC(=S)NNC(=O)COc2ccc([N+](=O)[O-])cc2)cc1OC. The number of thiocarbonyl (C=S) groups is 1. The maximum absolute atomic E-state index is 12.0. The Kier molecular flexibility index (Phi) is 8.92. The lowest BCUT2D eigenvalue weighted by atomic mass is 10.2. The van der Waals surface area contributed by atoms with Crippen molar-refractivity contribution in [2.24, 2.45) is 0 Å². The zero-order valence-electron chi connectivity index (χ0n) is 17.1. The molecule has 11 nitrogen and oxygen atoms in total. The number of benzene rings is 2. The van der Waals surface area contributed by atoms with Crippen LogP contribution in [0.5, 0.6) is 17.2 Å². The van der Waals surface area contributed by atoms with Crippen LogP contribution in [0.2, 0.25) is 0 Å². The number of carbonyl (C=O) groups excluding carboxylic acids is 2. The van der Waals surface area contributed by atoms with Crippen LogP contribution in [-0.2, 0) is 9.59 Å². The lowest BCUT2D eigenvalue weighted by Gasteiger charge is -2.10. The Balaban J connectivity index is 1.74. The fourth-order valence-electron chi connectivity index (χ4n) is 2.29. The molecule has 0 atom stereocenters. The van der Waals surface area contributed by atoms with Crippen molar-refractivity contribution in [2.45, 2.75) is 0 Å². The number of amides is 2. The first-order valence-corrected chi connectivity index (χ1v) is 9.40. The molecule has 3 N–H and O–H groups in total. The number of non-ortho nitro benzene ring substituents is 1. The summed E-state index contributed by atoms with van der Waals surface area (Å²) in [6.07, 6.45) is 2.81. The van der Waals surface area contributed by atoms with Crippen molar-refractivity contribution in [2.75, 3.05) is 20.8 Å². The molecular weight excluding hydrogens is 440 g/mol. The molecule has 2 aromatic carbocycles. The molecule has 0 aromatic heterocycles. The zero-order chi connectivity index (χ0) is 23.5. The molecule has 0 radical (unpaired) electrons. The molecule has 0 fully saturated rings. The number of hydrogen-bond acceptors (Lipinski definition) is 8. The van der Waals surface area contributed by atoms with Gasteiger partial charge in [-0.3, -0.25) is 35.9 Å². The first kappa shape index (κ1) is 24.1. The summed E-state index contributed by atoms with van der Waals surface area (Å²) in [4.78, 5) is 33.8. The molecule has 0 bridgehead atoms. The maximum atomic E-state index is 12.0. The van der Waals surface area contributed by atoms with E-state index < -0.39 is 16.7 Å². The van der Waals surface area contributed by atoms with E-state index in [0.29, 0.717) is 17.1 Å². The molecule has 2 rings (SSSR count). The third kappa shape index (κ3) is 7.57. The monoisotopic (exact) mass is 460 g/mol. The molecule has 168 valence electrons. The van der Waals surface area contributed by atoms with E-state index in [9.17, 15) is 19.7 Å². The van der Waals surface area contributed by atoms with Gasteiger partial charge in [0.15, 0.2) is 23.2 Å². The van der Waals surface area contributed by atoms with E-state index in [0.717, 1.165) is 0 Å². The lowest BCUT2D eigenvalue weighted by molar-refractivity contribution is -0.384. The molecule has 0 saturated heterocycles. The van der Waals surface area contributed by atoms with Crippen molar-refractivity contribution >= 4 is 40.9 Å². The number of nitrogens with zero attached hydrogens (tertiary/aromatic N) is 1. The second kappa shape index (κ2) is 11.9. The predicted molar refractivity (Wildman–Crippen MR) is 119 cm³/mol. The van der Waals surface area contributed by atoms with Crippen LogP contribution < -0.4 is 30.4 Å². The van der Waals surface area contributed by atoms with Gasteiger partial charge in [0.25, 0.3) is 11.6 Å². The third-order valence-electron chi connectivity index (χ3n) is 3.80. The average molecular weight is 460 g/mol. The van der Waals surface area contributed by atoms with Crippen LogP contribution in [0.25, 0.3) is 6.08 Å². The molecule has 12 heteroatoms. The topological polar surface area (TPSA) is 141 Å². The van der Waals surface area contributed by atoms with Crippen LogP contribution in [0.4, 0.5) is 5.69 Å². The summed E-state index contributed by atoms with van der Waals surface area (Å²) in [5.74, 6) is 0.259. The van der Waals surface area contributed by atoms with Crippen molar-refractivity contribution in [1.82, 2.24) is 16.2 Å². The Morgan fingerprint density at radius 1 is 1.06 bits per heavy atom. The van der Waals surface area contributed by atoms with E-state index in [-0.39, 0.29) is 23.2 Å². The molecule has 2 aromatic rings. The van der Waals surface area contributed by atoms with Gasteiger partial charge in [-0.05, 0) is 48.1 Å². The molecule has 0 aliphatic rings. The Labute approximate surface area is 188 Å². The third-order valence-corrected chi connectivity index (χ3v) is 4.01. The quantitative estimate of drug-likeness (QED) is 0.232. The summed E-state index contributed by atoms with van der Waals surface area (Å²) in [7, 11) is 3.03. The van der Waals surface area contributed by atoms with Gasteiger partial charge in [-0.15, -0.1) is 0 Å². The zero-order valence-corrected chi connectivity index (χ0v) is 17.9. The van der Waals surface area contributed by atoms with Crippen molar-refractivity contribution in [1.29, 1.82) is 0 Å². The van der Waals surface area contributed by atoms with Gasteiger partial charge >= 0.3 is 0 Å². The van der Waals surface area contributed by atoms with Crippen LogP contribution in [0.15, 0.2) is 48.5 Å². The minimum absolute atomic E-state index is 0.0928. The lowest BCUT2D eigenvalue weighted by Crippen LogP contribution is -2.49. The van der Waals surface area contributed by atoms with Gasteiger partial charge in [-0.25, -0.2) is 0 Å². The van der Waals surface area contributed by atoms with E-state index >= 15 is 0 Å². The van der Waals surface area contributed by atoms with E-state index in [1.807, 2.05) is 0 Å². The molecule has 0 spiro atoms. The summed E-state index contributed by atoms with van der Waals surface area (Å²) in [5, 5.41) is 12.8. The highest BCUT2D eigenvalue weighted by molar-refractivity contribution is 7.80. The second-order valence-corrected chi connectivity index (χ2v) is 6.39. The van der Waals surface area contributed by atoms with Gasteiger partial charge < -0.3 is 14.2 Å². The number of methoxy groups -OCH3 is 2. The predicted octanol–water partition coefficient (Wildman–Crippen LogP) is 1.73. The molecular formula is C20H20N4O7S. The van der Waals surface area contributed by atoms with E-state index in [2.05, 4.69) is 16.2 Å². The molecule has 0 unspecified atom stereocenters. The van der Waals surface area contributed by atoms with Gasteiger partial charge in [0, 0.05) is 18.2 Å². The molecule has 0 heterocycles. The van der Waals surface area contributed by atoms with Crippen LogP contribution in [0, 0.1) is 10.1 Å². The summed E-state index contributed by atoms with van der Waals surface area (Å²) in [6, 6.07) is 10.4. The van der Waals surface area contributed by atoms with Crippen LogP contribution in [0.1, 0.15) is 5.56 Å². The Morgan fingerprint density at radius 2 is 1.75 bits per heavy atom. The van der Waals surface area contributed by atoms with E-state index in [1.165, 1.54) is 44.6 Å². The number of nitro groups is 1. The highest BCUT2D eigenvalue weighted by Crippen LogP contribution is 2.27. The van der Waals surface area contributed by atoms with Crippen LogP contribution >= 0.6 is 12.2 Å². The average Bonchev–Trinajstić information content (AvgIpc) is 2.80. The Hall–Kier alpha value is -4.19. The van der Waals surface area contributed by atoms with Crippen molar-refractivity contribution < 1.29 is 28.7 Å². The summed E-state index contributed by atoms with van der Waals surface area (Å²) >= 11 is 4.94. The number of carbonyl (C=O) groups is 2. The van der Waals surface area contributed by atoms with Gasteiger partial charge in [0.05, 0.1) is 19.1 Å². The minimum Gasteiger partial charge on any atom is -0.493 e. The molecule has 2 amide bonds. The number of nitrogens with one attached hydrogen (secondary N) is 3. The highest BCUT2D eigenvalue weighted by atomic mass is 32.1. The fraction of sp³-hybridized carbons (Fsp3) is 0.150. The fourth-order valence-corrected chi connectivity index (χ4v) is 2.44. The molecule has 0 saturated carbocycles. The van der Waals surface area contributed by atoms with Crippen LogP contribution in [-0.4, -0.2) is 42.7 Å². The molecule has 32 heavy (non-hydrogen) atoms. The van der Waals surface area contributed by atoms with Crippen molar-refractivity contribution in [3.8, 4) is 17.2 Å². The highest BCUT2D eigenvalue weighted by Gasteiger charge is 2.08. The minimum atomic E-state index is -0.583. The number of ether oxygens (including phenoxy) is 3. The van der Waals surface area contributed by atoms with Crippen molar-refractivity contribution in [3.05, 3.63) is 64.2 Å². The first-order valence-electron chi connectivity index (χ1n) is 8.99. The van der Waals surface area contributed by atoms with E-state index in [1.54, 1.807) is 24.3 Å². The van der Waals surface area contributed by atoms with Crippen molar-refractivity contribution in [3.63, 3.8) is 0 Å². The smallest absolute Gasteiger partial charge is 0.276 e. The Morgan fingerprint density at radius 3 is 2.38 bits per heavy atom. The maximum Gasteiger partial charge on any atom is 0.276 e.